The third-order valence-electron chi connectivity index (χ3n) is 11.6. The fourth-order valence-corrected chi connectivity index (χ4v) is 9.33. The molecule has 4 rings (SSSR count). The molecule has 0 nitrogen and oxygen atoms in total. The van der Waals surface area contributed by atoms with Gasteiger partial charge in [-0.15, -0.1) is 0 Å². The van der Waals surface area contributed by atoms with E-state index in [2.05, 4.69) is 41.5 Å². The predicted molar refractivity (Wildman–Crippen MR) is 122 cm³/mol. The summed E-state index contributed by atoms with van der Waals surface area (Å²) in [7, 11) is 0. The number of hydrogen-bond donors (Lipinski definition) is 0. The summed E-state index contributed by atoms with van der Waals surface area (Å²) in [6.07, 6.45) is 18.4. The summed E-state index contributed by atoms with van der Waals surface area (Å²) >= 11 is 0. The third-order valence-corrected chi connectivity index (χ3v) is 11.6. The van der Waals surface area contributed by atoms with Gasteiger partial charge in [0.1, 0.15) is 0 Å². The fraction of sp³-hybridized carbons (Fsp3) is 1.00. The molecule has 6 unspecified atom stereocenters. The van der Waals surface area contributed by atoms with Crippen molar-refractivity contribution in [2.75, 3.05) is 0 Å². The van der Waals surface area contributed by atoms with E-state index in [-0.39, 0.29) is 0 Å². The molecule has 0 saturated heterocycles. The van der Waals surface area contributed by atoms with Gasteiger partial charge in [-0.2, -0.15) is 0 Å². The summed E-state index contributed by atoms with van der Waals surface area (Å²) in [5.41, 5.74) is 1.37. The second-order valence-electron chi connectivity index (χ2n) is 12.9. The van der Waals surface area contributed by atoms with Crippen molar-refractivity contribution in [3.63, 3.8) is 0 Å². The number of rotatable bonds is 5. The first-order valence-corrected chi connectivity index (χ1v) is 13.3. The lowest BCUT2D eigenvalue weighted by Crippen LogP contribution is -2.53. The van der Waals surface area contributed by atoms with Crippen LogP contribution in [0, 0.1) is 58.2 Å². The van der Waals surface area contributed by atoms with Gasteiger partial charge in [0.25, 0.3) is 0 Å². The molecule has 0 radical (unpaired) electrons. The maximum atomic E-state index is 2.75. The number of hydrogen-bond acceptors (Lipinski definition) is 0. The monoisotopic (exact) mass is 386 g/mol. The minimum absolute atomic E-state index is 0.666. The molecule has 0 aromatic heterocycles. The molecule has 4 aliphatic carbocycles. The average molecular weight is 387 g/mol. The van der Waals surface area contributed by atoms with Crippen molar-refractivity contribution >= 4 is 0 Å². The van der Waals surface area contributed by atoms with Gasteiger partial charge in [0, 0.05) is 0 Å². The normalized spacial score (nSPS) is 47.9. The zero-order valence-corrected chi connectivity index (χ0v) is 20.1. The highest BCUT2D eigenvalue weighted by Gasteiger charge is 2.60. The molecule has 0 aromatic carbocycles. The van der Waals surface area contributed by atoms with Gasteiger partial charge in [-0.25, -0.2) is 0 Å². The van der Waals surface area contributed by atoms with E-state index in [9.17, 15) is 0 Å². The van der Waals surface area contributed by atoms with Crippen molar-refractivity contribution < 1.29 is 0 Å². The highest BCUT2D eigenvalue weighted by atomic mass is 14.6. The van der Waals surface area contributed by atoms with Gasteiger partial charge < -0.3 is 0 Å². The van der Waals surface area contributed by atoms with E-state index in [1.54, 1.807) is 51.4 Å². The van der Waals surface area contributed by atoms with Gasteiger partial charge >= 0.3 is 0 Å². The van der Waals surface area contributed by atoms with Crippen LogP contribution in [-0.4, -0.2) is 0 Å². The van der Waals surface area contributed by atoms with E-state index in [1.807, 2.05) is 0 Å². The minimum Gasteiger partial charge on any atom is -0.0625 e. The van der Waals surface area contributed by atoms with Crippen LogP contribution in [0.4, 0.5) is 0 Å². The highest BCUT2D eigenvalue weighted by Crippen LogP contribution is 2.68. The molecule has 28 heavy (non-hydrogen) atoms. The van der Waals surface area contributed by atoms with Crippen LogP contribution in [0.15, 0.2) is 0 Å². The molecule has 162 valence electrons. The van der Waals surface area contributed by atoms with E-state index in [1.165, 1.54) is 25.7 Å². The Balaban J connectivity index is 1.46. The van der Waals surface area contributed by atoms with Crippen LogP contribution < -0.4 is 0 Å². The van der Waals surface area contributed by atoms with Gasteiger partial charge in [-0.3, -0.25) is 0 Å². The first kappa shape index (κ1) is 21.2. The molecule has 0 N–H and O–H groups in total. The van der Waals surface area contributed by atoms with Crippen molar-refractivity contribution in [3.8, 4) is 0 Å². The third kappa shape index (κ3) is 3.41. The fourth-order valence-electron chi connectivity index (χ4n) is 9.33. The number of fused-ring (bicyclic) bond motifs is 5. The largest absolute Gasteiger partial charge is 0.0625 e. The van der Waals surface area contributed by atoms with Crippen LogP contribution in [0.5, 0.6) is 0 Å². The molecule has 0 aromatic rings. The summed E-state index contributed by atoms with van der Waals surface area (Å²) in [5.74, 6) is 7.96. The highest BCUT2D eigenvalue weighted by molar-refractivity contribution is 5.09. The van der Waals surface area contributed by atoms with Crippen molar-refractivity contribution in [3.05, 3.63) is 0 Å². The zero-order chi connectivity index (χ0) is 20.1. The van der Waals surface area contributed by atoms with Crippen LogP contribution in [0.25, 0.3) is 0 Å². The Hall–Kier alpha value is 0. The summed E-state index contributed by atoms with van der Waals surface area (Å²) in [6.45, 7) is 15.4. The summed E-state index contributed by atoms with van der Waals surface area (Å²) in [4.78, 5) is 0. The molecule has 0 amide bonds. The Morgan fingerprint density at radius 3 is 2.21 bits per heavy atom. The second kappa shape index (κ2) is 7.92. The van der Waals surface area contributed by atoms with E-state index in [0.29, 0.717) is 10.8 Å². The van der Waals surface area contributed by atoms with Gasteiger partial charge in [0.2, 0.25) is 0 Å². The van der Waals surface area contributed by atoms with Crippen molar-refractivity contribution in [1.82, 2.24) is 0 Å². The molecular formula is C28H50. The van der Waals surface area contributed by atoms with Crippen LogP contribution in [-0.2, 0) is 0 Å². The van der Waals surface area contributed by atoms with Crippen LogP contribution >= 0.6 is 0 Å². The molecule has 9 atom stereocenters. The summed E-state index contributed by atoms with van der Waals surface area (Å²) < 4.78 is 0. The van der Waals surface area contributed by atoms with Gasteiger partial charge in [-0.1, -0.05) is 67.2 Å². The maximum absolute atomic E-state index is 2.75. The lowest BCUT2D eigenvalue weighted by atomic mass is 9.44. The molecule has 4 saturated carbocycles. The van der Waals surface area contributed by atoms with Crippen LogP contribution in [0.3, 0.4) is 0 Å². The van der Waals surface area contributed by atoms with Gasteiger partial charge in [0.15, 0.2) is 0 Å². The zero-order valence-electron chi connectivity index (χ0n) is 20.1. The Morgan fingerprint density at radius 1 is 0.714 bits per heavy atom. The lowest BCUT2D eigenvalue weighted by Gasteiger charge is -2.61. The Bertz CT molecular complexity index is 534. The van der Waals surface area contributed by atoms with E-state index in [0.717, 1.165) is 47.3 Å². The van der Waals surface area contributed by atoms with Crippen LogP contribution in [0.2, 0.25) is 0 Å². The lowest BCUT2D eigenvalue weighted by molar-refractivity contribution is -0.114. The molecule has 0 heterocycles. The van der Waals surface area contributed by atoms with Gasteiger partial charge in [-0.05, 0) is 110 Å². The van der Waals surface area contributed by atoms with Crippen LogP contribution in [0.1, 0.15) is 119 Å². The molecule has 0 heteroatoms. The van der Waals surface area contributed by atoms with Crippen molar-refractivity contribution in [2.24, 2.45) is 58.2 Å². The maximum Gasteiger partial charge on any atom is -0.0264 e. The Morgan fingerprint density at radius 2 is 1.46 bits per heavy atom. The smallest absolute Gasteiger partial charge is 0.0264 e. The molecule has 4 aliphatic rings. The molecule has 4 fully saturated rings. The topological polar surface area (TPSA) is 0 Å². The van der Waals surface area contributed by atoms with E-state index >= 15 is 0 Å². The molecular weight excluding hydrogens is 336 g/mol. The Kier molecular flexibility index (Phi) is 6.01. The van der Waals surface area contributed by atoms with E-state index in [4.69, 9.17) is 0 Å². The quantitative estimate of drug-likeness (QED) is 0.443. The molecule has 0 spiro atoms. The van der Waals surface area contributed by atoms with Gasteiger partial charge in [0.05, 0.1) is 0 Å². The second-order valence-corrected chi connectivity index (χ2v) is 12.9. The predicted octanol–water partition coefficient (Wildman–Crippen LogP) is 8.74. The van der Waals surface area contributed by atoms with Crippen molar-refractivity contribution in [1.29, 1.82) is 0 Å². The molecule has 0 bridgehead atoms. The average Bonchev–Trinajstić information content (AvgIpc) is 3.02. The first-order valence-electron chi connectivity index (χ1n) is 13.3. The summed E-state index contributed by atoms with van der Waals surface area (Å²) in [5, 5.41) is 0. The SMILES string of the molecule is CC(C)C(C)CC[C@@H](C)C1CCC2C3CCC4CCCC[C@]4(C)C3CC[C@]21C. The Labute approximate surface area is 177 Å². The first-order chi connectivity index (χ1) is 13.3. The van der Waals surface area contributed by atoms with Crippen molar-refractivity contribution in [2.45, 2.75) is 119 Å². The standard InChI is InChI=1S/C28H50/c1-19(2)20(3)10-11-21(4)24-14-15-25-23-13-12-22-9-7-8-17-27(22,5)26(23)16-18-28(24,25)6/h19-26H,7-18H2,1-6H3/t20?,21-,22?,23?,24?,25?,26?,27+,28+/m1/s1. The molecule has 0 aliphatic heterocycles. The summed E-state index contributed by atoms with van der Waals surface area (Å²) in [6, 6.07) is 0. The minimum atomic E-state index is 0.666. The van der Waals surface area contributed by atoms with E-state index < -0.39 is 0 Å².